The number of thiol groups is 1. The van der Waals surface area contributed by atoms with Gasteiger partial charge in [-0.1, -0.05) is 0 Å². The summed E-state index contributed by atoms with van der Waals surface area (Å²) in [7, 11) is 0. The molecule has 76 valence electrons. The average molecular weight is 216 g/mol. The topological polar surface area (TPSA) is 72.2 Å². The Bertz CT molecular complexity index is 218. The molecule has 0 aliphatic heterocycles. The van der Waals surface area contributed by atoms with Gasteiger partial charge in [0.1, 0.15) is 6.04 Å². The van der Waals surface area contributed by atoms with Gasteiger partial charge in [-0.15, -0.1) is 0 Å². The van der Waals surface area contributed by atoms with Crippen LogP contribution in [0.2, 0.25) is 0 Å². The summed E-state index contributed by atoms with van der Waals surface area (Å²) in [4.78, 5) is 20.6. The highest BCUT2D eigenvalue weighted by atomic mass is 32.1. The molecule has 0 aliphatic carbocycles. The predicted molar refractivity (Wildman–Crippen MR) is 41.0 cm³/mol. The molecule has 0 radical (unpaired) electrons. The first-order chi connectivity index (χ1) is 5.79. The molecular weight excluding hydrogens is 209 g/mol. The highest BCUT2D eigenvalue weighted by molar-refractivity contribution is 7.80. The normalized spacial score (nSPS) is 13.5. The first-order valence-electron chi connectivity index (χ1n) is 3.07. The van der Waals surface area contributed by atoms with Crippen LogP contribution in [0.3, 0.4) is 0 Å². The third kappa shape index (κ3) is 4.02. The molecule has 0 aromatic rings. The van der Waals surface area contributed by atoms with Gasteiger partial charge in [-0.05, 0) is 0 Å². The Kier molecular flexibility index (Phi) is 4.05. The predicted octanol–water partition coefficient (Wildman–Crippen LogP) is -0.551. The summed E-state index contributed by atoms with van der Waals surface area (Å²) < 4.78 is 34.9. The highest BCUT2D eigenvalue weighted by Crippen LogP contribution is 2.14. The van der Waals surface area contributed by atoms with E-state index in [0.717, 1.165) is 0 Å². The molecule has 0 rings (SSSR count). The molecule has 8 heteroatoms. The minimum absolute atomic E-state index is 0.281. The Hall–Kier alpha value is -0.920. The van der Waals surface area contributed by atoms with Crippen molar-refractivity contribution in [2.24, 2.45) is 5.73 Å². The van der Waals surface area contributed by atoms with Crippen LogP contribution in [0, 0.1) is 0 Å². The molecule has 0 aromatic heterocycles. The third-order valence-electron chi connectivity index (χ3n) is 1.09. The van der Waals surface area contributed by atoms with Gasteiger partial charge >= 0.3 is 12.1 Å². The quantitative estimate of drug-likeness (QED) is 0.554. The van der Waals surface area contributed by atoms with E-state index in [9.17, 15) is 22.8 Å². The second-order valence-electron chi connectivity index (χ2n) is 2.11. The van der Waals surface area contributed by atoms with E-state index in [1.807, 2.05) is 0 Å². The number of rotatable bonds is 3. The highest BCUT2D eigenvalue weighted by Gasteiger charge is 2.40. The van der Waals surface area contributed by atoms with Crippen LogP contribution < -0.4 is 11.1 Å². The molecule has 0 saturated carbocycles. The summed E-state index contributed by atoms with van der Waals surface area (Å²) in [5, 5.41) is 1.39. The maximum Gasteiger partial charge on any atom is 0.471 e. The van der Waals surface area contributed by atoms with Crippen LogP contribution in [0.15, 0.2) is 0 Å². The number of amides is 2. The van der Waals surface area contributed by atoms with Gasteiger partial charge < -0.3 is 11.1 Å². The van der Waals surface area contributed by atoms with E-state index in [1.165, 1.54) is 5.32 Å². The van der Waals surface area contributed by atoms with Crippen molar-refractivity contribution < 1.29 is 22.8 Å². The van der Waals surface area contributed by atoms with E-state index in [1.54, 1.807) is 0 Å². The number of hydrogen-bond donors (Lipinski definition) is 3. The minimum atomic E-state index is -5.02. The number of halogens is 3. The van der Waals surface area contributed by atoms with Gasteiger partial charge in [0.25, 0.3) is 0 Å². The standard InChI is InChI=1S/C5H7F3N2O2S/c6-5(7,8)4(12)10-2(1-13)3(9)11/h2,13H,1H2,(H2,9,11)(H,10,12)/t2-/m0/s1. The van der Waals surface area contributed by atoms with Gasteiger partial charge in [-0.3, -0.25) is 9.59 Å². The number of nitrogens with one attached hydrogen (secondary N) is 1. The fourth-order valence-corrected chi connectivity index (χ4v) is 0.718. The molecule has 0 aromatic carbocycles. The second kappa shape index (κ2) is 4.35. The second-order valence-corrected chi connectivity index (χ2v) is 2.47. The number of nitrogens with two attached hydrogens (primary N) is 1. The maximum atomic E-state index is 11.6. The van der Waals surface area contributed by atoms with Crippen molar-refractivity contribution in [3.05, 3.63) is 0 Å². The number of alkyl halides is 3. The van der Waals surface area contributed by atoms with Crippen molar-refractivity contribution in [3.63, 3.8) is 0 Å². The molecular formula is C5H7F3N2O2S. The molecule has 0 fully saturated rings. The van der Waals surface area contributed by atoms with E-state index in [-0.39, 0.29) is 5.75 Å². The molecule has 0 spiro atoms. The molecule has 3 N–H and O–H groups in total. The van der Waals surface area contributed by atoms with E-state index in [4.69, 9.17) is 0 Å². The van der Waals surface area contributed by atoms with Crippen LogP contribution in [0.1, 0.15) is 0 Å². The van der Waals surface area contributed by atoms with E-state index in [2.05, 4.69) is 18.4 Å². The number of carbonyl (C=O) groups excluding carboxylic acids is 2. The van der Waals surface area contributed by atoms with Crippen LogP contribution in [-0.4, -0.2) is 29.8 Å². The van der Waals surface area contributed by atoms with Crippen molar-refractivity contribution in [1.29, 1.82) is 0 Å². The largest absolute Gasteiger partial charge is 0.471 e. The van der Waals surface area contributed by atoms with Gasteiger partial charge in [0, 0.05) is 5.75 Å². The lowest BCUT2D eigenvalue weighted by Crippen LogP contribution is -2.50. The zero-order valence-corrected chi connectivity index (χ0v) is 7.15. The monoisotopic (exact) mass is 216 g/mol. The lowest BCUT2D eigenvalue weighted by molar-refractivity contribution is -0.174. The Balaban J connectivity index is 4.26. The molecule has 2 amide bonds. The van der Waals surface area contributed by atoms with Crippen molar-refractivity contribution in [2.75, 3.05) is 5.75 Å². The van der Waals surface area contributed by atoms with Crippen molar-refractivity contribution in [3.8, 4) is 0 Å². The Morgan fingerprint density at radius 3 is 2.15 bits per heavy atom. The molecule has 1 atom stereocenters. The van der Waals surface area contributed by atoms with Gasteiger partial charge in [-0.2, -0.15) is 25.8 Å². The Labute approximate surface area is 77.1 Å². The Morgan fingerprint density at radius 1 is 1.46 bits per heavy atom. The zero-order valence-electron chi connectivity index (χ0n) is 6.26. The Morgan fingerprint density at radius 2 is 1.92 bits per heavy atom. The van der Waals surface area contributed by atoms with E-state index in [0.29, 0.717) is 0 Å². The van der Waals surface area contributed by atoms with Crippen molar-refractivity contribution in [2.45, 2.75) is 12.2 Å². The van der Waals surface area contributed by atoms with E-state index < -0.39 is 24.0 Å². The summed E-state index contributed by atoms with van der Waals surface area (Å²) in [5.41, 5.74) is 4.67. The van der Waals surface area contributed by atoms with Gasteiger partial charge in [0.2, 0.25) is 5.91 Å². The van der Waals surface area contributed by atoms with Crippen LogP contribution in [-0.2, 0) is 9.59 Å². The number of carbonyl (C=O) groups is 2. The lowest BCUT2D eigenvalue weighted by Gasteiger charge is -2.13. The molecule has 0 aliphatic rings. The SMILES string of the molecule is NC(=O)[C@H](CS)NC(=O)C(F)(F)F. The number of primary amides is 1. The average Bonchev–Trinajstić information content (AvgIpc) is 1.96. The molecule has 0 bridgehead atoms. The van der Waals surface area contributed by atoms with E-state index >= 15 is 0 Å². The van der Waals surface area contributed by atoms with Crippen LogP contribution in [0.4, 0.5) is 13.2 Å². The van der Waals surface area contributed by atoms with Crippen molar-refractivity contribution in [1.82, 2.24) is 5.32 Å². The van der Waals surface area contributed by atoms with Crippen molar-refractivity contribution >= 4 is 24.4 Å². The summed E-state index contributed by atoms with van der Waals surface area (Å²) in [6.07, 6.45) is -5.02. The number of hydrogen-bond acceptors (Lipinski definition) is 3. The molecule has 0 heterocycles. The lowest BCUT2D eigenvalue weighted by atomic mass is 10.3. The summed E-state index contributed by atoms with van der Waals surface area (Å²) >= 11 is 3.54. The third-order valence-corrected chi connectivity index (χ3v) is 1.45. The van der Waals surface area contributed by atoms with Crippen LogP contribution >= 0.6 is 12.6 Å². The van der Waals surface area contributed by atoms with Gasteiger partial charge in [-0.25, -0.2) is 0 Å². The first kappa shape index (κ1) is 12.1. The van der Waals surface area contributed by atoms with Crippen LogP contribution in [0.25, 0.3) is 0 Å². The van der Waals surface area contributed by atoms with Gasteiger partial charge in [0.05, 0.1) is 0 Å². The fraction of sp³-hybridized carbons (Fsp3) is 0.600. The van der Waals surface area contributed by atoms with Gasteiger partial charge in [0.15, 0.2) is 0 Å². The molecule has 13 heavy (non-hydrogen) atoms. The zero-order chi connectivity index (χ0) is 10.6. The first-order valence-corrected chi connectivity index (χ1v) is 3.70. The molecule has 0 unspecified atom stereocenters. The maximum absolute atomic E-state index is 11.6. The molecule has 0 saturated heterocycles. The summed E-state index contributed by atoms with van der Waals surface area (Å²) in [5.74, 6) is -3.55. The molecule has 4 nitrogen and oxygen atoms in total. The smallest absolute Gasteiger partial charge is 0.368 e. The summed E-state index contributed by atoms with van der Waals surface area (Å²) in [6.45, 7) is 0. The summed E-state index contributed by atoms with van der Waals surface area (Å²) in [6, 6.07) is -1.41. The van der Waals surface area contributed by atoms with Crippen LogP contribution in [0.5, 0.6) is 0 Å². The minimum Gasteiger partial charge on any atom is -0.368 e. The fourth-order valence-electron chi connectivity index (χ4n) is 0.447.